The van der Waals surface area contributed by atoms with Gasteiger partial charge >= 0.3 is 0 Å². The number of hydrogen-bond donors (Lipinski definition) is 2. The van der Waals surface area contributed by atoms with Crippen molar-refractivity contribution in [2.75, 3.05) is 17.7 Å². The van der Waals surface area contributed by atoms with Crippen LogP contribution in [0.15, 0.2) is 48.7 Å². The van der Waals surface area contributed by atoms with Gasteiger partial charge in [-0.15, -0.1) is 0 Å². The second-order valence-electron chi connectivity index (χ2n) is 7.15. The fourth-order valence-electron chi connectivity index (χ4n) is 3.34. The number of anilines is 2. The Morgan fingerprint density at radius 1 is 1.18 bits per heavy atom. The maximum Gasteiger partial charge on any atom is 0.270 e. The molecule has 0 unspecified atom stereocenters. The Morgan fingerprint density at radius 2 is 1.97 bits per heavy atom. The van der Waals surface area contributed by atoms with Gasteiger partial charge in [0.1, 0.15) is 10.6 Å². The van der Waals surface area contributed by atoms with Gasteiger partial charge in [0.25, 0.3) is 11.6 Å². The number of ether oxygens (including phenoxy) is 1. The van der Waals surface area contributed by atoms with Crippen LogP contribution in [0, 0.1) is 17.0 Å². The third kappa shape index (κ3) is 4.39. The molecule has 10 nitrogen and oxygen atoms in total. The van der Waals surface area contributed by atoms with Gasteiger partial charge < -0.3 is 15.4 Å². The van der Waals surface area contributed by atoms with Gasteiger partial charge in [-0.3, -0.25) is 24.1 Å². The highest BCUT2D eigenvalue weighted by molar-refractivity contribution is 7.19. The van der Waals surface area contributed by atoms with E-state index in [1.54, 1.807) is 47.9 Å². The van der Waals surface area contributed by atoms with Gasteiger partial charge in [-0.05, 0) is 25.1 Å². The summed E-state index contributed by atoms with van der Waals surface area (Å²) in [5, 5.41) is 16.6. The number of carbonyl (C=O) groups is 2. The van der Waals surface area contributed by atoms with Crippen LogP contribution in [0.2, 0.25) is 0 Å². The average molecular weight is 465 g/mol. The minimum absolute atomic E-state index is 0.0175. The fourth-order valence-corrected chi connectivity index (χ4v) is 4.35. The number of nitro groups is 1. The molecule has 2 aromatic heterocycles. The summed E-state index contributed by atoms with van der Waals surface area (Å²) >= 11 is 1.20. The topological polar surface area (TPSA) is 128 Å². The summed E-state index contributed by atoms with van der Waals surface area (Å²) in [6, 6.07) is 11.2. The van der Waals surface area contributed by atoms with Crippen molar-refractivity contribution in [3.05, 3.63) is 69.3 Å². The van der Waals surface area contributed by atoms with Gasteiger partial charge in [-0.25, -0.2) is 4.98 Å². The molecule has 11 heteroatoms. The van der Waals surface area contributed by atoms with Crippen LogP contribution in [-0.4, -0.2) is 33.2 Å². The van der Waals surface area contributed by atoms with Crippen LogP contribution >= 0.6 is 11.3 Å². The van der Waals surface area contributed by atoms with Crippen LogP contribution in [0.3, 0.4) is 0 Å². The Labute approximate surface area is 192 Å². The highest BCUT2D eigenvalue weighted by Gasteiger charge is 2.20. The summed E-state index contributed by atoms with van der Waals surface area (Å²) in [4.78, 5) is 40.5. The van der Waals surface area contributed by atoms with Gasteiger partial charge in [0.2, 0.25) is 5.91 Å². The molecule has 0 bridgehead atoms. The first-order valence-electron chi connectivity index (χ1n) is 9.77. The number of fused-ring (bicyclic) bond motifs is 1. The van der Waals surface area contributed by atoms with E-state index in [0.29, 0.717) is 43.9 Å². The van der Waals surface area contributed by atoms with Crippen molar-refractivity contribution in [3.63, 3.8) is 0 Å². The molecule has 0 aliphatic heterocycles. The zero-order valence-corrected chi connectivity index (χ0v) is 18.7. The third-order valence-electron chi connectivity index (χ3n) is 4.88. The number of non-ortho nitro benzene ring substituents is 1. The molecule has 0 aliphatic carbocycles. The number of rotatable bonds is 6. The number of imidazole rings is 1. The van der Waals surface area contributed by atoms with E-state index in [1.165, 1.54) is 37.5 Å². The van der Waals surface area contributed by atoms with Crippen LogP contribution < -0.4 is 15.4 Å². The number of aryl methyl sites for hydroxylation is 1. The molecule has 33 heavy (non-hydrogen) atoms. The first kappa shape index (κ1) is 22.0. The number of benzene rings is 2. The average Bonchev–Trinajstić information content (AvgIpc) is 3.33. The monoisotopic (exact) mass is 465 g/mol. The molecule has 0 spiro atoms. The lowest BCUT2D eigenvalue weighted by Gasteiger charge is -2.12. The lowest BCUT2D eigenvalue weighted by Crippen LogP contribution is -2.13. The molecule has 2 N–H and O–H groups in total. The molecule has 0 radical (unpaired) electrons. The van der Waals surface area contributed by atoms with E-state index in [2.05, 4.69) is 15.6 Å². The summed E-state index contributed by atoms with van der Waals surface area (Å²) in [7, 11) is 1.49. The predicted molar refractivity (Wildman–Crippen MR) is 125 cm³/mol. The van der Waals surface area contributed by atoms with Crippen molar-refractivity contribution in [2.45, 2.75) is 13.8 Å². The maximum absolute atomic E-state index is 13.0. The highest BCUT2D eigenvalue weighted by atomic mass is 32.1. The Hall–Kier alpha value is -4.25. The fraction of sp³-hybridized carbons (Fsp3) is 0.136. The Balaban J connectivity index is 1.63. The number of nitrogens with zero attached hydrogens (tertiary/aromatic N) is 3. The van der Waals surface area contributed by atoms with Crippen molar-refractivity contribution < 1.29 is 19.2 Å². The Bertz CT molecular complexity index is 1410. The standard InChI is InChI=1S/C22H19N5O5S/c1-12-20(21(29)24-17-10-15(23-13(2)28)7-8-19(17)32-3)33-22-25-18(11-26(12)22)14-5-4-6-16(9-14)27(30)31/h4-11H,1-3H3,(H,23,28)(H,24,29). The van der Waals surface area contributed by atoms with Gasteiger partial charge in [-0.1, -0.05) is 23.5 Å². The number of nitro benzene ring substituents is 1. The van der Waals surface area contributed by atoms with E-state index < -0.39 is 4.92 Å². The second kappa shape index (κ2) is 8.71. The number of carbonyl (C=O) groups excluding carboxylic acids is 2. The van der Waals surface area contributed by atoms with Crippen molar-refractivity contribution in [2.24, 2.45) is 0 Å². The van der Waals surface area contributed by atoms with E-state index >= 15 is 0 Å². The van der Waals surface area contributed by atoms with E-state index in [0.717, 1.165) is 0 Å². The number of methoxy groups -OCH3 is 1. The molecular formula is C22H19N5O5S. The molecule has 0 saturated carbocycles. The van der Waals surface area contributed by atoms with Gasteiger partial charge in [-0.2, -0.15) is 0 Å². The summed E-state index contributed by atoms with van der Waals surface area (Å²) in [6.45, 7) is 3.19. The van der Waals surface area contributed by atoms with Gasteiger partial charge in [0, 0.05) is 42.2 Å². The smallest absolute Gasteiger partial charge is 0.270 e. The molecule has 0 atom stereocenters. The molecule has 0 saturated heterocycles. The first-order valence-corrected chi connectivity index (χ1v) is 10.6. The van der Waals surface area contributed by atoms with E-state index in [9.17, 15) is 19.7 Å². The molecule has 0 fully saturated rings. The zero-order chi connectivity index (χ0) is 23.7. The van der Waals surface area contributed by atoms with E-state index in [1.807, 2.05) is 0 Å². The third-order valence-corrected chi connectivity index (χ3v) is 6.04. The molecule has 4 aromatic rings. The predicted octanol–water partition coefficient (Wildman–Crippen LogP) is 4.50. The van der Waals surface area contributed by atoms with Crippen LogP contribution in [-0.2, 0) is 4.79 Å². The van der Waals surface area contributed by atoms with Crippen molar-refractivity contribution in [3.8, 4) is 17.0 Å². The van der Waals surface area contributed by atoms with E-state index in [4.69, 9.17) is 4.74 Å². The SMILES string of the molecule is COc1ccc(NC(C)=O)cc1NC(=O)c1sc2nc(-c3cccc([N+](=O)[O-])c3)cn2c1C. The van der Waals surface area contributed by atoms with Gasteiger partial charge in [0.05, 0.1) is 23.4 Å². The van der Waals surface area contributed by atoms with Crippen molar-refractivity contribution in [1.82, 2.24) is 9.38 Å². The summed E-state index contributed by atoms with van der Waals surface area (Å²) in [5.41, 5.74) is 2.79. The van der Waals surface area contributed by atoms with Crippen LogP contribution in [0.25, 0.3) is 16.2 Å². The molecule has 0 aliphatic rings. The molecule has 2 amide bonds. The van der Waals surface area contributed by atoms with E-state index in [-0.39, 0.29) is 17.5 Å². The molecule has 168 valence electrons. The lowest BCUT2D eigenvalue weighted by atomic mass is 10.1. The molecule has 2 aromatic carbocycles. The summed E-state index contributed by atoms with van der Waals surface area (Å²) in [6.07, 6.45) is 1.75. The van der Waals surface area contributed by atoms with Crippen LogP contribution in [0.5, 0.6) is 5.75 Å². The number of hydrogen-bond acceptors (Lipinski definition) is 7. The number of aromatic nitrogens is 2. The lowest BCUT2D eigenvalue weighted by molar-refractivity contribution is -0.384. The van der Waals surface area contributed by atoms with Gasteiger partial charge in [0.15, 0.2) is 4.96 Å². The Morgan fingerprint density at radius 3 is 2.64 bits per heavy atom. The summed E-state index contributed by atoms with van der Waals surface area (Å²) < 4.78 is 7.09. The molecule has 2 heterocycles. The normalized spacial score (nSPS) is 10.8. The quantitative estimate of drug-likeness (QED) is 0.319. The first-order chi connectivity index (χ1) is 15.8. The van der Waals surface area contributed by atoms with Crippen molar-refractivity contribution in [1.29, 1.82) is 0 Å². The van der Waals surface area contributed by atoms with Crippen LogP contribution in [0.4, 0.5) is 17.1 Å². The zero-order valence-electron chi connectivity index (χ0n) is 17.9. The number of thiazole rings is 1. The maximum atomic E-state index is 13.0. The highest BCUT2D eigenvalue weighted by Crippen LogP contribution is 2.32. The van der Waals surface area contributed by atoms with Crippen molar-refractivity contribution >= 4 is 45.2 Å². The second-order valence-corrected chi connectivity index (χ2v) is 8.13. The minimum Gasteiger partial charge on any atom is -0.495 e. The number of nitrogens with one attached hydrogen (secondary N) is 2. The molecule has 4 rings (SSSR count). The van der Waals surface area contributed by atoms with Crippen LogP contribution in [0.1, 0.15) is 22.3 Å². The minimum atomic E-state index is -0.454. The summed E-state index contributed by atoms with van der Waals surface area (Å²) in [5.74, 6) is -0.130. The Kier molecular flexibility index (Phi) is 5.80. The molecular weight excluding hydrogens is 446 g/mol. The number of amides is 2. The largest absolute Gasteiger partial charge is 0.495 e.